The van der Waals surface area contributed by atoms with Gasteiger partial charge in [0, 0.05) is 30.5 Å². The Kier molecular flexibility index (Phi) is 5.31. The lowest BCUT2D eigenvalue weighted by Crippen LogP contribution is -2.46. The van der Waals surface area contributed by atoms with Crippen molar-refractivity contribution in [3.8, 4) is 0 Å². The van der Waals surface area contributed by atoms with E-state index in [1.165, 1.54) is 12.8 Å². The van der Waals surface area contributed by atoms with Crippen LogP contribution in [-0.2, 0) is 10.3 Å². The Bertz CT molecular complexity index is 877. The third kappa shape index (κ3) is 3.74. The summed E-state index contributed by atoms with van der Waals surface area (Å²) >= 11 is 5.63. The van der Waals surface area contributed by atoms with E-state index < -0.39 is 0 Å². The molecule has 1 saturated carbocycles. The molecule has 28 heavy (non-hydrogen) atoms. The number of rotatable bonds is 4. The van der Waals surface area contributed by atoms with Crippen LogP contribution in [0.3, 0.4) is 0 Å². The van der Waals surface area contributed by atoms with Gasteiger partial charge in [-0.3, -0.25) is 9.78 Å². The van der Waals surface area contributed by atoms with Crippen LogP contribution in [0.2, 0.25) is 0 Å². The van der Waals surface area contributed by atoms with Crippen LogP contribution in [0, 0.1) is 6.92 Å². The number of nitrogens with one attached hydrogen (secondary N) is 2. The van der Waals surface area contributed by atoms with Gasteiger partial charge in [-0.15, -0.1) is 0 Å². The highest BCUT2D eigenvalue weighted by Gasteiger charge is 2.37. The molecule has 1 aliphatic carbocycles. The molecule has 146 valence electrons. The second-order valence-electron chi connectivity index (χ2n) is 7.73. The van der Waals surface area contributed by atoms with E-state index in [0.717, 1.165) is 48.4 Å². The molecule has 0 atom stereocenters. The first-order valence-corrected chi connectivity index (χ1v) is 10.4. The van der Waals surface area contributed by atoms with Crippen LogP contribution in [0.1, 0.15) is 49.8 Å². The normalized spacial score (nSPS) is 18.3. The molecule has 2 fully saturated rings. The minimum atomic E-state index is -0.192. The topological polar surface area (TPSA) is 57.3 Å². The van der Waals surface area contributed by atoms with Crippen molar-refractivity contribution in [1.82, 2.24) is 10.3 Å². The lowest BCUT2D eigenvalue weighted by atomic mass is 9.93. The lowest BCUT2D eigenvalue weighted by Gasteiger charge is -2.31. The summed E-state index contributed by atoms with van der Waals surface area (Å²) in [5, 5.41) is 7.48. The van der Waals surface area contributed by atoms with E-state index in [-0.39, 0.29) is 11.4 Å². The molecule has 1 saturated heterocycles. The van der Waals surface area contributed by atoms with Gasteiger partial charge in [0.2, 0.25) is 5.91 Å². The van der Waals surface area contributed by atoms with E-state index in [2.05, 4.69) is 27.8 Å². The third-order valence-electron chi connectivity index (χ3n) is 5.78. The standard InChI is InChI=1S/C22H26N4OS/c1-16-15-17(9-10-18(16)26-14-6-8-20(26)27)24-21(28)25-22(11-3-4-12-22)19-7-2-5-13-23-19/h2,5,7,9-10,13,15H,3-4,6,8,11-12,14H2,1H3,(H2,24,25,28). The number of aromatic nitrogens is 1. The zero-order valence-corrected chi connectivity index (χ0v) is 17.0. The molecule has 1 aromatic heterocycles. The number of pyridine rings is 1. The van der Waals surface area contributed by atoms with E-state index in [1.54, 1.807) is 0 Å². The molecule has 0 unspecified atom stereocenters. The van der Waals surface area contributed by atoms with Gasteiger partial charge in [0.05, 0.1) is 11.2 Å². The molecule has 2 aliphatic rings. The molecule has 4 rings (SSSR count). The van der Waals surface area contributed by atoms with Crippen molar-refractivity contribution in [1.29, 1.82) is 0 Å². The summed E-state index contributed by atoms with van der Waals surface area (Å²) in [6, 6.07) is 12.1. The van der Waals surface area contributed by atoms with Gasteiger partial charge in [-0.25, -0.2) is 0 Å². The second-order valence-corrected chi connectivity index (χ2v) is 8.14. The minimum Gasteiger partial charge on any atom is -0.351 e. The number of anilines is 2. The van der Waals surface area contributed by atoms with E-state index in [4.69, 9.17) is 12.2 Å². The number of hydrogen-bond donors (Lipinski definition) is 2. The van der Waals surface area contributed by atoms with Crippen LogP contribution in [0.25, 0.3) is 0 Å². The fourth-order valence-corrected chi connectivity index (χ4v) is 4.70. The monoisotopic (exact) mass is 394 g/mol. The van der Waals surface area contributed by atoms with Gasteiger partial charge in [0.1, 0.15) is 0 Å². The second kappa shape index (κ2) is 7.87. The Morgan fingerprint density at radius 3 is 2.64 bits per heavy atom. The van der Waals surface area contributed by atoms with Gasteiger partial charge in [-0.2, -0.15) is 0 Å². The highest BCUT2D eigenvalue weighted by molar-refractivity contribution is 7.80. The molecule has 5 nitrogen and oxygen atoms in total. The van der Waals surface area contributed by atoms with Crippen LogP contribution in [0.5, 0.6) is 0 Å². The molecular weight excluding hydrogens is 368 g/mol. The number of benzene rings is 1. The van der Waals surface area contributed by atoms with Crippen LogP contribution in [-0.4, -0.2) is 22.5 Å². The van der Waals surface area contributed by atoms with Gasteiger partial charge in [-0.1, -0.05) is 18.9 Å². The first kappa shape index (κ1) is 18.9. The Hall–Kier alpha value is -2.47. The van der Waals surface area contributed by atoms with Crippen molar-refractivity contribution in [3.05, 3.63) is 53.9 Å². The zero-order valence-electron chi connectivity index (χ0n) is 16.2. The van der Waals surface area contributed by atoms with E-state index >= 15 is 0 Å². The van der Waals surface area contributed by atoms with Crippen LogP contribution in [0.4, 0.5) is 11.4 Å². The quantitative estimate of drug-likeness (QED) is 0.759. The Morgan fingerprint density at radius 1 is 1.18 bits per heavy atom. The SMILES string of the molecule is Cc1cc(NC(=S)NC2(c3ccccn3)CCCC2)ccc1N1CCCC1=O. The predicted molar refractivity (Wildman–Crippen MR) is 117 cm³/mol. The van der Waals surface area contributed by atoms with Crippen molar-refractivity contribution < 1.29 is 4.79 Å². The molecule has 2 aromatic rings. The molecule has 2 N–H and O–H groups in total. The number of thiocarbonyl (C=S) groups is 1. The Balaban J connectivity index is 1.47. The van der Waals surface area contributed by atoms with Crippen molar-refractivity contribution in [2.24, 2.45) is 0 Å². The molecule has 1 aliphatic heterocycles. The number of amides is 1. The Labute approximate surface area is 171 Å². The van der Waals surface area contributed by atoms with Crippen molar-refractivity contribution in [3.63, 3.8) is 0 Å². The fraction of sp³-hybridized carbons (Fsp3) is 0.409. The van der Waals surface area contributed by atoms with Gasteiger partial charge in [-0.05, 0) is 74.3 Å². The average molecular weight is 395 g/mol. The maximum absolute atomic E-state index is 12.0. The smallest absolute Gasteiger partial charge is 0.227 e. The van der Waals surface area contributed by atoms with Crippen LogP contribution < -0.4 is 15.5 Å². The van der Waals surface area contributed by atoms with E-state index in [1.807, 2.05) is 42.3 Å². The average Bonchev–Trinajstić information content (AvgIpc) is 3.32. The van der Waals surface area contributed by atoms with Gasteiger partial charge in [0.15, 0.2) is 5.11 Å². The van der Waals surface area contributed by atoms with Gasteiger partial charge < -0.3 is 15.5 Å². The highest BCUT2D eigenvalue weighted by Crippen LogP contribution is 2.37. The van der Waals surface area contributed by atoms with E-state index in [9.17, 15) is 4.79 Å². The summed E-state index contributed by atoms with van der Waals surface area (Å²) in [7, 11) is 0. The predicted octanol–water partition coefficient (Wildman–Crippen LogP) is 4.27. The molecule has 0 bridgehead atoms. The maximum Gasteiger partial charge on any atom is 0.227 e. The zero-order chi connectivity index (χ0) is 19.6. The summed E-state index contributed by atoms with van der Waals surface area (Å²) < 4.78 is 0. The van der Waals surface area contributed by atoms with Crippen LogP contribution >= 0.6 is 12.2 Å². The molecule has 1 amide bonds. The first-order valence-electron chi connectivity index (χ1n) is 9.99. The first-order chi connectivity index (χ1) is 13.6. The summed E-state index contributed by atoms with van der Waals surface area (Å²) in [4.78, 5) is 18.5. The van der Waals surface area contributed by atoms with Gasteiger partial charge >= 0.3 is 0 Å². The molecule has 0 spiro atoms. The fourth-order valence-electron chi connectivity index (χ4n) is 4.39. The molecule has 2 heterocycles. The summed E-state index contributed by atoms with van der Waals surface area (Å²) in [5.41, 5.74) is 3.86. The molecular formula is C22H26N4OS. The molecule has 6 heteroatoms. The number of carbonyl (C=O) groups excluding carboxylic acids is 1. The molecule has 0 radical (unpaired) electrons. The maximum atomic E-state index is 12.0. The van der Waals surface area contributed by atoms with Crippen molar-refractivity contribution in [2.45, 2.75) is 51.0 Å². The third-order valence-corrected chi connectivity index (χ3v) is 5.99. The molecule has 1 aromatic carbocycles. The van der Waals surface area contributed by atoms with Crippen molar-refractivity contribution >= 4 is 34.6 Å². The number of carbonyl (C=O) groups is 1. The largest absolute Gasteiger partial charge is 0.351 e. The summed E-state index contributed by atoms with van der Waals surface area (Å²) in [6.45, 7) is 2.84. The summed E-state index contributed by atoms with van der Waals surface area (Å²) in [6.07, 6.45) is 7.82. The highest BCUT2D eigenvalue weighted by atomic mass is 32.1. The van der Waals surface area contributed by atoms with Gasteiger partial charge in [0.25, 0.3) is 0 Å². The van der Waals surface area contributed by atoms with Crippen LogP contribution in [0.15, 0.2) is 42.6 Å². The number of aryl methyl sites for hydroxylation is 1. The Morgan fingerprint density at radius 2 is 2.00 bits per heavy atom. The lowest BCUT2D eigenvalue weighted by molar-refractivity contribution is -0.117. The minimum absolute atomic E-state index is 0.192. The number of hydrogen-bond acceptors (Lipinski definition) is 3. The summed E-state index contributed by atoms with van der Waals surface area (Å²) in [5.74, 6) is 0.208. The number of nitrogens with zero attached hydrogens (tertiary/aromatic N) is 2. The van der Waals surface area contributed by atoms with Crippen molar-refractivity contribution in [2.75, 3.05) is 16.8 Å². The van der Waals surface area contributed by atoms with E-state index in [0.29, 0.717) is 11.5 Å².